The minimum absolute atomic E-state index is 0.304. The van der Waals surface area contributed by atoms with Gasteiger partial charge in [0.2, 0.25) is 0 Å². The van der Waals surface area contributed by atoms with Gasteiger partial charge in [-0.1, -0.05) is 30.2 Å². The summed E-state index contributed by atoms with van der Waals surface area (Å²) >= 11 is 10.3. The number of hydrogen-bond donors (Lipinski definition) is 4. The number of amides is 1. The summed E-state index contributed by atoms with van der Waals surface area (Å²) in [7, 11) is 1.58. The van der Waals surface area contributed by atoms with Crippen LogP contribution >= 0.6 is 24.2 Å². The van der Waals surface area contributed by atoms with Crippen molar-refractivity contribution < 1.29 is 9.53 Å². The molecule has 1 saturated heterocycles. The van der Waals surface area contributed by atoms with E-state index in [0.29, 0.717) is 38.3 Å². The van der Waals surface area contributed by atoms with E-state index in [9.17, 15) is 10.1 Å². The number of hydrogen-bond acceptors (Lipinski definition) is 6. The van der Waals surface area contributed by atoms with E-state index in [4.69, 9.17) is 16.3 Å². The van der Waals surface area contributed by atoms with Crippen molar-refractivity contribution >= 4 is 35.8 Å². The first-order valence-electron chi connectivity index (χ1n) is 11.2. The van der Waals surface area contributed by atoms with Gasteiger partial charge in [0.1, 0.15) is 5.75 Å². The Kier molecular flexibility index (Phi) is 9.46. The van der Waals surface area contributed by atoms with Crippen molar-refractivity contribution in [2.75, 3.05) is 25.5 Å². The molecule has 6 nitrogen and oxygen atoms in total. The van der Waals surface area contributed by atoms with Crippen molar-refractivity contribution in [3.8, 4) is 11.8 Å². The number of piperidine rings is 1. The first-order chi connectivity index (χ1) is 16.4. The Morgan fingerprint density at radius 1 is 1.12 bits per heavy atom. The van der Waals surface area contributed by atoms with Crippen LogP contribution in [0.1, 0.15) is 37.7 Å². The Hall–Kier alpha value is -2.92. The quantitative estimate of drug-likeness (QED) is 0.427. The molecule has 2 aliphatic rings. The van der Waals surface area contributed by atoms with Crippen molar-refractivity contribution in [2.45, 2.75) is 32.1 Å². The highest BCUT2D eigenvalue weighted by Gasteiger charge is 2.33. The van der Waals surface area contributed by atoms with Crippen LogP contribution in [-0.4, -0.2) is 26.1 Å². The molecule has 1 atom stereocenters. The minimum atomic E-state index is -0.544. The fourth-order valence-electron chi connectivity index (χ4n) is 3.89. The summed E-state index contributed by atoms with van der Waals surface area (Å²) in [4.78, 5) is 13.1. The average Bonchev–Trinajstić information content (AvgIpc) is 2.86. The number of rotatable bonds is 4. The molecule has 178 valence electrons. The minimum Gasteiger partial charge on any atom is -0.497 e. The first kappa shape index (κ1) is 25.7. The van der Waals surface area contributed by atoms with Crippen molar-refractivity contribution in [2.24, 2.45) is 0 Å². The van der Waals surface area contributed by atoms with Crippen LogP contribution < -0.4 is 20.7 Å². The van der Waals surface area contributed by atoms with Gasteiger partial charge in [0.15, 0.2) is 0 Å². The number of ether oxygens (including phenoxy) is 1. The fraction of sp³-hybridized carbons (Fsp3) is 0.308. The molecule has 0 bridgehead atoms. The zero-order valence-corrected chi connectivity index (χ0v) is 21.0. The molecule has 3 N–H and O–H groups in total. The number of carbonyl (C=O) groups excluding carboxylic acids is 1. The van der Waals surface area contributed by atoms with Crippen molar-refractivity contribution in [1.82, 2.24) is 10.6 Å². The number of benzene rings is 2. The van der Waals surface area contributed by atoms with Crippen LogP contribution in [0.3, 0.4) is 0 Å². The Morgan fingerprint density at radius 2 is 1.76 bits per heavy atom. The number of nitrogens with one attached hydrogen (secondary N) is 3. The molecule has 0 spiro atoms. The number of methoxy groups -OCH3 is 1. The monoisotopic (exact) mass is 496 g/mol. The molecule has 2 heterocycles. The maximum Gasteiger partial charge on any atom is 0.254 e. The summed E-state index contributed by atoms with van der Waals surface area (Å²) in [5.74, 6) is -0.155. The molecule has 2 aromatic rings. The largest absolute Gasteiger partial charge is 0.497 e. The number of dihydropyridines is 1. The third-order valence-electron chi connectivity index (χ3n) is 5.67. The number of carbonyl (C=O) groups is 1. The molecule has 0 saturated carbocycles. The highest BCUT2D eigenvalue weighted by molar-refractivity contribution is 7.84. The van der Waals surface area contributed by atoms with Gasteiger partial charge in [-0.3, -0.25) is 4.79 Å². The summed E-state index contributed by atoms with van der Waals surface area (Å²) in [6.07, 6.45) is 4.22. The van der Waals surface area contributed by atoms with E-state index in [-0.39, 0.29) is 5.91 Å². The van der Waals surface area contributed by atoms with Crippen LogP contribution in [0.5, 0.6) is 5.75 Å². The van der Waals surface area contributed by atoms with Gasteiger partial charge in [-0.2, -0.15) is 5.26 Å². The topological polar surface area (TPSA) is 86.2 Å². The van der Waals surface area contributed by atoms with Crippen LogP contribution in [0, 0.1) is 11.3 Å². The lowest BCUT2D eigenvalue weighted by Gasteiger charge is -2.28. The fourth-order valence-corrected chi connectivity index (χ4v) is 4.36. The standard InChI is InChI=1S/C21H18ClN3O2S.C5H11N/c1-12-18(20(26)25-15-7-5-14(22)6-8-15)19(17(11-23)21(28)24-12)13-3-9-16(27-2)10-4-13;1-2-4-6-5-3-1/h3-10,19,24,28H,1-2H3,(H,25,26);6H,1-5H2. The van der Waals surface area contributed by atoms with Crippen molar-refractivity contribution in [3.05, 3.63) is 81.0 Å². The molecule has 0 aromatic heterocycles. The second kappa shape index (κ2) is 12.5. The highest BCUT2D eigenvalue weighted by Crippen LogP contribution is 2.39. The van der Waals surface area contributed by atoms with E-state index in [1.807, 2.05) is 12.1 Å². The van der Waals surface area contributed by atoms with Gasteiger partial charge in [-0.25, -0.2) is 0 Å². The summed E-state index contributed by atoms with van der Waals surface area (Å²) in [6.45, 7) is 4.29. The lowest BCUT2D eigenvalue weighted by Crippen LogP contribution is -2.30. The zero-order chi connectivity index (χ0) is 24.5. The second-order valence-corrected chi connectivity index (χ2v) is 8.90. The first-order valence-corrected chi connectivity index (χ1v) is 12.0. The lowest BCUT2D eigenvalue weighted by molar-refractivity contribution is -0.113. The summed E-state index contributed by atoms with van der Waals surface area (Å²) in [5.41, 5.74) is 2.87. The Bertz CT molecular complexity index is 1090. The Morgan fingerprint density at radius 3 is 2.26 bits per heavy atom. The van der Waals surface area contributed by atoms with Gasteiger partial charge >= 0.3 is 0 Å². The van der Waals surface area contributed by atoms with Crippen LogP contribution in [0.25, 0.3) is 0 Å². The predicted octanol–water partition coefficient (Wildman–Crippen LogP) is 5.37. The van der Waals surface area contributed by atoms with E-state index in [0.717, 1.165) is 5.56 Å². The van der Waals surface area contributed by atoms with Gasteiger partial charge in [0.05, 0.1) is 29.7 Å². The molecule has 4 rings (SSSR count). The molecule has 2 aliphatic heterocycles. The van der Waals surface area contributed by atoms with Crippen LogP contribution in [0.15, 0.2) is 70.4 Å². The van der Waals surface area contributed by atoms with Crippen molar-refractivity contribution in [1.29, 1.82) is 5.26 Å². The van der Waals surface area contributed by atoms with Gasteiger partial charge in [0.25, 0.3) is 5.91 Å². The number of anilines is 1. The zero-order valence-electron chi connectivity index (χ0n) is 19.3. The van der Waals surface area contributed by atoms with E-state index < -0.39 is 5.92 Å². The van der Waals surface area contributed by atoms with Crippen LogP contribution in [0.4, 0.5) is 5.69 Å². The highest BCUT2D eigenvalue weighted by atomic mass is 35.5. The molecular formula is C26H29ClN4O2S. The SMILES string of the molecule is C1CCNCC1.COc1ccc(C2C(C#N)=C(S)NC(C)=C2C(=O)Nc2ccc(Cl)cc2)cc1. The van der Waals surface area contributed by atoms with Gasteiger partial charge in [0, 0.05) is 22.0 Å². The van der Waals surface area contributed by atoms with E-state index >= 15 is 0 Å². The third-order valence-corrected chi connectivity index (χ3v) is 6.27. The Labute approximate surface area is 211 Å². The van der Waals surface area contributed by atoms with Crippen LogP contribution in [0.2, 0.25) is 5.02 Å². The molecule has 34 heavy (non-hydrogen) atoms. The lowest BCUT2D eigenvalue weighted by atomic mass is 9.82. The number of allylic oxidation sites excluding steroid dienone is 2. The molecule has 0 aliphatic carbocycles. The molecule has 1 amide bonds. The third kappa shape index (κ3) is 6.57. The molecular weight excluding hydrogens is 468 g/mol. The maximum absolute atomic E-state index is 13.1. The van der Waals surface area contributed by atoms with Crippen LogP contribution in [-0.2, 0) is 4.79 Å². The molecule has 1 unspecified atom stereocenters. The van der Waals surface area contributed by atoms with Gasteiger partial charge < -0.3 is 20.7 Å². The molecule has 0 radical (unpaired) electrons. The van der Waals surface area contributed by atoms with Crippen molar-refractivity contribution in [3.63, 3.8) is 0 Å². The number of halogens is 1. The van der Waals surface area contributed by atoms with E-state index in [1.54, 1.807) is 50.4 Å². The molecule has 2 aromatic carbocycles. The second-order valence-electron chi connectivity index (χ2n) is 8.02. The summed E-state index contributed by atoms with van der Waals surface area (Å²) < 4.78 is 5.21. The summed E-state index contributed by atoms with van der Waals surface area (Å²) in [6, 6.07) is 16.3. The summed E-state index contributed by atoms with van der Waals surface area (Å²) in [5, 5.41) is 19.9. The average molecular weight is 497 g/mol. The predicted molar refractivity (Wildman–Crippen MR) is 140 cm³/mol. The number of nitrogens with zero attached hydrogens (tertiary/aromatic N) is 1. The van der Waals surface area contributed by atoms with E-state index in [1.165, 1.54) is 32.4 Å². The number of nitriles is 1. The Balaban J connectivity index is 0.000000469. The molecule has 8 heteroatoms. The number of thiol groups is 1. The van der Waals surface area contributed by atoms with Gasteiger partial charge in [-0.05, 0) is 74.8 Å². The maximum atomic E-state index is 13.1. The van der Waals surface area contributed by atoms with Gasteiger partial charge in [-0.15, -0.1) is 12.6 Å². The smallest absolute Gasteiger partial charge is 0.254 e. The molecule has 1 fully saturated rings. The normalized spacial score (nSPS) is 17.7. The van der Waals surface area contributed by atoms with E-state index in [2.05, 4.69) is 34.6 Å².